The average Bonchev–Trinajstić information content (AvgIpc) is 2.55. The SMILES string of the molecule is CC(C)OC(=O)c1ccccc1.CC(C)c1ccccc1C(=O)O. The van der Waals surface area contributed by atoms with E-state index < -0.39 is 5.97 Å². The highest BCUT2D eigenvalue weighted by Gasteiger charge is 2.10. The van der Waals surface area contributed by atoms with Gasteiger partial charge in [-0.2, -0.15) is 0 Å². The molecule has 4 nitrogen and oxygen atoms in total. The Bertz CT molecular complexity index is 660. The van der Waals surface area contributed by atoms with Gasteiger partial charge in [0.1, 0.15) is 0 Å². The predicted octanol–water partition coefficient (Wildman–Crippen LogP) is 4.76. The first-order valence-corrected chi connectivity index (χ1v) is 7.91. The lowest BCUT2D eigenvalue weighted by Crippen LogP contribution is -2.11. The number of aromatic carboxylic acids is 1. The van der Waals surface area contributed by atoms with Crippen LogP contribution in [-0.4, -0.2) is 23.1 Å². The van der Waals surface area contributed by atoms with Gasteiger partial charge in [0.2, 0.25) is 0 Å². The van der Waals surface area contributed by atoms with Crippen LogP contribution in [0.2, 0.25) is 0 Å². The van der Waals surface area contributed by atoms with E-state index in [1.807, 2.05) is 58.0 Å². The second kappa shape index (κ2) is 9.50. The van der Waals surface area contributed by atoms with E-state index in [9.17, 15) is 9.59 Å². The molecule has 0 aliphatic heterocycles. The maximum absolute atomic E-state index is 11.2. The molecule has 0 atom stereocenters. The van der Waals surface area contributed by atoms with Crippen LogP contribution in [0, 0.1) is 0 Å². The number of carbonyl (C=O) groups is 2. The maximum atomic E-state index is 11.2. The molecule has 24 heavy (non-hydrogen) atoms. The number of esters is 1. The van der Waals surface area contributed by atoms with Gasteiger partial charge in [0, 0.05) is 0 Å². The summed E-state index contributed by atoms with van der Waals surface area (Å²) in [4.78, 5) is 22.0. The summed E-state index contributed by atoms with van der Waals surface area (Å²) >= 11 is 0. The molecule has 0 fully saturated rings. The highest BCUT2D eigenvalue weighted by Crippen LogP contribution is 2.18. The van der Waals surface area contributed by atoms with Crippen molar-refractivity contribution < 1.29 is 19.4 Å². The molecule has 0 heterocycles. The summed E-state index contributed by atoms with van der Waals surface area (Å²) in [6.07, 6.45) is -0.0577. The summed E-state index contributed by atoms with van der Waals surface area (Å²) in [6.45, 7) is 7.64. The van der Waals surface area contributed by atoms with E-state index in [1.165, 1.54) is 0 Å². The fourth-order valence-electron chi connectivity index (χ4n) is 2.05. The van der Waals surface area contributed by atoms with Crippen LogP contribution < -0.4 is 0 Å². The number of carboxylic acids is 1. The van der Waals surface area contributed by atoms with Crippen molar-refractivity contribution in [2.45, 2.75) is 39.7 Å². The Hall–Kier alpha value is -2.62. The molecule has 0 spiro atoms. The monoisotopic (exact) mass is 328 g/mol. The van der Waals surface area contributed by atoms with E-state index in [0.717, 1.165) is 5.56 Å². The van der Waals surface area contributed by atoms with Crippen molar-refractivity contribution in [1.29, 1.82) is 0 Å². The van der Waals surface area contributed by atoms with Crippen LogP contribution in [0.3, 0.4) is 0 Å². The van der Waals surface area contributed by atoms with Crippen LogP contribution in [0.5, 0.6) is 0 Å². The van der Waals surface area contributed by atoms with Crippen LogP contribution in [-0.2, 0) is 4.74 Å². The summed E-state index contributed by atoms with van der Waals surface area (Å²) in [5.41, 5.74) is 1.91. The summed E-state index contributed by atoms with van der Waals surface area (Å²) in [6, 6.07) is 16.1. The van der Waals surface area contributed by atoms with Crippen LogP contribution in [0.15, 0.2) is 54.6 Å². The van der Waals surface area contributed by atoms with Gasteiger partial charge in [0.25, 0.3) is 0 Å². The van der Waals surface area contributed by atoms with Gasteiger partial charge in [-0.3, -0.25) is 0 Å². The Labute approximate surface area is 143 Å². The Morgan fingerprint density at radius 3 is 1.88 bits per heavy atom. The molecule has 0 saturated carbocycles. The molecule has 0 radical (unpaired) electrons. The molecule has 2 rings (SSSR count). The molecule has 1 N–H and O–H groups in total. The molecule has 0 saturated heterocycles. The third-order valence-electron chi connectivity index (χ3n) is 3.17. The Morgan fingerprint density at radius 2 is 1.42 bits per heavy atom. The molecule has 0 unspecified atom stereocenters. The zero-order valence-electron chi connectivity index (χ0n) is 14.5. The normalized spacial score (nSPS) is 10.1. The largest absolute Gasteiger partial charge is 0.478 e. The Morgan fingerprint density at radius 1 is 0.875 bits per heavy atom. The molecular formula is C20H24O4. The molecular weight excluding hydrogens is 304 g/mol. The first kappa shape index (κ1) is 19.4. The third kappa shape index (κ3) is 6.24. The minimum absolute atomic E-state index is 0.0577. The van der Waals surface area contributed by atoms with Crippen LogP contribution in [0.25, 0.3) is 0 Å². The smallest absolute Gasteiger partial charge is 0.338 e. The number of carboxylic acid groups (broad SMARTS) is 1. The van der Waals surface area contributed by atoms with E-state index in [0.29, 0.717) is 11.1 Å². The summed E-state index contributed by atoms with van der Waals surface area (Å²) < 4.78 is 5.00. The highest BCUT2D eigenvalue weighted by atomic mass is 16.5. The van der Waals surface area contributed by atoms with Crippen molar-refractivity contribution in [1.82, 2.24) is 0 Å². The van der Waals surface area contributed by atoms with E-state index in [1.54, 1.807) is 24.3 Å². The highest BCUT2D eigenvalue weighted by molar-refractivity contribution is 5.89. The van der Waals surface area contributed by atoms with Crippen molar-refractivity contribution in [2.75, 3.05) is 0 Å². The summed E-state index contributed by atoms with van der Waals surface area (Å²) in [7, 11) is 0. The number of carbonyl (C=O) groups excluding carboxylic acids is 1. The molecule has 2 aromatic rings. The zero-order valence-corrected chi connectivity index (χ0v) is 14.5. The van der Waals surface area contributed by atoms with E-state index >= 15 is 0 Å². The Kier molecular flexibility index (Phi) is 7.69. The number of benzene rings is 2. The van der Waals surface area contributed by atoms with Crippen LogP contribution in [0.4, 0.5) is 0 Å². The van der Waals surface area contributed by atoms with Gasteiger partial charge in [0.05, 0.1) is 17.2 Å². The zero-order chi connectivity index (χ0) is 18.1. The maximum Gasteiger partial charge on any atom is 0.338 e. The molecule has 0 bridgehead atoms. The van der Waals surface area contributed by atoms with Crippen LogP contribution >= 0.6 is 0 Å². The molecule has 0 aliphatic carbocycles. The standard InChI is InChI=1S/2C10H12O2/c1-8(2)12-10(11)9-6-4-3-5-7-9;1-7(2)8-5-3-4-6-9(8)10(11)12/h3-8H,1-2H3;3-7H,1-2H3,(H,11,12). The fraction of sp³-hybridized carbons (Fsp3) is 0.300. The predicted molar refractivity (Wildman–Crippen MR) is 94.5 cm³/mol. The quantitative estimate of drug-likeness (QED) is 0.822. The lowest BCUT2D eigenvalue weighted by atomic mass is 9.97. The van der Waals surface area contributed by atoms with Gasteiger partial charge in [-0.15, -0.1) is 0 Å². The van der Waals surface area contributed by atoms with Gasteiger partial charge in [0.15, 0.2) is 0 Å². The average molecular weight is 328 g/mol. The van der Waals surface area contributed by atoms with Crippen LogP contribution in [0.1, 0.15) is 59.9 Å². The summed E-state index contributed by atoms with van der Waals surface area (Å²) in [5.74, 6) is -0.845. The van der Waals surface area contributed by atoms with Crippen molar-refractivity contribution in [3.8, 4) is 0 Å². The van der Waals surface area contributed by atoms with Crippen molar-refractivity contribution in [3.05, 3.63) is 71.3 Å². The number of hydrogen-bond acceptors (Lipinski definition) is 3. The number of ether oxygens (including phenoxy) is 1. The number of hydrogen-bond donors (Lipinski definition) is 1. The molecule has 0 amide bonds. The van der Waals surface area contributed by atoms with Gasteiger partial charge in [-0.25, -0.2) is 9.59 Å². The minimum Gasteiger partial charge on any atom is -0.478 e. The van der Waals surface area contributed by atoms with Crippen molar-refractivity contribution >= 4 is 11.9 Å². The fourth-order valence-corrected chi connectivity index (χ4v) is 2.05. The second-order valence-electron chi connectivity index (χ2n) is 5.87. The van der Waals surface area contributed by atoms with E-state index in [4.69, 9.17) is 9.84 Å². The lowest BCUT2D eigenvalue weighted by Gasteiger charge is -2.07. The van der Waals surface area contributed by atoms with Gasteiger partial charge in [-0.1, -0.05) is 50.2 Å². The summed E-state index contributed by atoms with van der Waals surface area (Å²) in [5, 5.41) is 8.81. The third-order valence-corrected chi connectivity index (χ3v) is 3.17. The second-order valence-corrected chi connectivity index (χ2v) is 5.87. The van der Waals surface area contributed by atoms with Crippen molar-refractivity contribution in [3.63, 3.8) is 0 Å². The number of rotatable bonds is 4. The molecule has 128 valence electrons. The van der Waals surface area contributed by atoms with E-state index in [2.05, 4.69) is 0 Å². The molecule has 4 heteroatoms. The Balaban J connectivity index is 0.000000240. The first-order valence-electron chi connectivity index (χ1n) is 7.91. The van der Waals surface area contributed by atoms with Crippen molar-refractivity contribution in [2.24, 2.45) is 0 Å². The minimum atomic E-state index is -0.848. The van der Waals surface area contributed by atoms with E-state index in [-0.39, 0.29) is 18.0 Å². The molecule has 0 aliphatic rings. The molecule has 2 aromatic carbocycles. The first-order chi connectivity index (χ1) is 11.3. The van der Waals surface area contributed by atoms with Gasteiger partial charge < -0.3 is 9.84 Å². The lowest BCUT2D eigenvalue weighted by molar-refractivity contribution is 0.0377. The topological polar surface area (TPSA) is 63.6 Å². The van der Waals surface area contributed by atoms with Gasteiger partial charge >= 0.3 is 11.9 Å². The van der Waals surface area contributed by atoms with Gasteiger partial charge in [-0.05, 0) is 43.5 Å². The molecule has 0 aromatic heterocycles.